The molecule has 0 radical (unpaired) electrons. The van der Waals surface area contributed by atoms with Crippen molar-refractivity contribution in [2.75, 3.05) is 14.2 Å². The van der Waals surface area contributed by atoms with Crippen molar-refractivity contribution < 1.29 is 18.9 Å². The van der Waals surface area contributed by atoms with Gasteiger partial charge in [0.15, 0.2) is 17.3 Å². The number of nitrogens with zero attached hydrogens (tertiary/aromatic N) is 3. The number of hydrogen-bond acceptors (Lipinski definition) is 7. The van der Waals surface area contributed by atoms with Gasteiger partial charge in [0.1, 0.15) is 5.92 Å². The van der Waals surface area contributed by atoms with Gasteiger partial charge in [-0.2, -0.15) is 4.98 Å². The molecule has 1 heterocycles. The van der Waals surface area contributed by atoms with E-state index in [0.717, 1.165) is 5.56 Å². The van der Waals surface area contributed by atoms with Crippen molar-refractivity contribution in [1.82, 2.24) is 10.1 Å². The summed E-state index contributed by atoms with van der Waals surface area (Å²) in [5.74, 6) is 1.86. The molecule has 0 unspecified atom stereocenters. The van der Waals surface area contributed by atoms with Crippen LogP contribution in [0.2, 0.25) is 0 Å². The molecule has 0 bridgehead atoms. The Labute approximate surface area is 126 Å². The first-order valence-corrected chi connectivity index (χ1v) is 6.79. The van der Waals surface area contributed by atoms with E-state index in [9.17, 15) is 10.1 Å². The fraction of sp³-hybridized carbons (Fsp3) is 0.429. The lowest BCUT2D eigenvalue weighted by atomic mass is 10.1. The maximum absolute atomic E-state index is 10.7. The molecule has 1 saturated carbocycles. The van der Waals surface area contributed by atoms with E-state index >= 15 is 0 Å². The summed E-state index contributed by atoms with van der Waals surface area (Å²) in [5, 5.41) is 14.5. The summed E-state index contributed by atoms with van der Waals surface area (Å²) in [6, 6.07) is 4.94. The van der Waals surface area contributed by atoms with E-state index in [-0.39, 0.29) is 10.8 Å². The van der Waals surface area contributed by atoms with Crippen molar-refractivity contribution in [2.45, 2.75) is 24.8 Å². The minimum atomic E-state index is -0.589. The van der Waals surface area contributed by atoms with Crippen LogP contribution in [0, 0.1) is 10.1 Å². The standard InChI is InChI=1S/C14H15N3O5/c1-20-11-4-3-8(5-12(11)21-2)6-13-15-14(22-16-13)9-7-10(9)17(18)19/h3-5,9-10H,6-7H2,1-2H3/t9-,10+/m1/s1. The normalized spacial score (nSPS) is 19.7. The zero-order valence-electron chi connectivity index (χ0n) is 12.2. The zero-order chi connectivity index (χ0) is 15.7. The third-order valence-electron chi connectivity index (χ3n) is 3.64. The van der Waals surface area contributed by atoms with Crippen molar-refractivity contribution in [1.29, 1.82) is 0 Å². The van der Waals surface area contributed by atoms with Gasteiger partial charge in [0.2, 0.25) is 11.9 Å². The summed E-state index contributed by atoms with van der Waals surface area (Å²) in [6.07, 6.45) is 0.921. The summed E-state index contributed by atoms with van der Waals surface area (Å²) in [6.45, 7) is 0. The number of hydrogen-bond donors (Lipinski definition) is 0. The van der Waals surface area contributed by atoms with Crippen LogP contribution in [-0.4, -0.2) is 35.3 Å². The highest BCUT2D eigenvalue weighted by Gasteiger charge is 2.53. The molecule has 1 aliphatic rings. The molecule has 1 aromatic heterocycles. The van der Waals surface area contributed by atoms with Crippen molar-refractivity contribution in [2.24, 2.45) is 0 Å². The Morgan fingerprint density at radius 1 is 1.36 bits per heavy atom. The highest BCUT2D eigenvalue weighted by molar-refractivity contribution is 5.43. The van der Waals surface area contributed by atoms with Crippen LogP contribution in [0.25, 0.3) is 0 Å². The molecule has 0 spiro atoms. The molecule has 1 aliphatic carbocycles. The molecule has 2 atom stereocenters. The Balaban J connectivity index is 1.72. The van der Waals surface area contributed by atoms with Gasteiger partial charge in [-0.3, -0.25) is 10.1 Å². The first-order valence-electron chi connectivity index (χ1n) is 6.79. The lowest BCUT2D eigenvalue weighted by Gasteiger charge is -2.08. The predicted molar refractivity (Wildman–Crippen MR) is 74.8 cm³/mol. The molecule has 116 valence electrons. The first kappa shape index (κ1) is 14.3. The maximum atomic E-state index is 10.7. The Kier molecular flexibility index (Phi) is 3.66. The molecule has 0 N–H and O–H groups in total. The van der Waals surface area contributed by atoms with Gasteiger partial charge in [-0.15, -0.1) is 0 Å². The molecule has 0 aliphatic heterocycles. The van der Waals surface area contributed by atoms with E-state index in [1.54, 1.807) is 20.3 Å². The SMILES string of the molecule is COc1ccc(Cc2noc([C@@H]3C[C@@H]3[N+](=O)[O-])n2)cc1OC. The van der Waals surface area contributed by atoms with Crippen molar-refractivity contribution in [3.63, 3.8) is 0 Å². The number of aromatic nitrogens is 2. The van der Waals surface area contributed by atoms with Gasteiger partial charge in [-0.05, 0) is 17.7 Å². The van der Waals surface area contributed by atoms with E-state index < -0.39 is 6.04 Å². The van der Waals surface area contributed by atoms with E-state index in [4.69, 9.17) is 14.0 Å². The fourth-order valence-corrected chi connectivity index (χ4v) is 2.34. The number of rotatable bonds is 6. The number of methoxy groups -OCH3 is 2. The van der Waals surface area contributed by atoms with Crippen LogP contribution in [0.15, 0.2) is 22.7 Å². The molecule has 0 amide bonds. The second-order valence-electron chi connectivity index (χ2n) is 5.11. The monoisotopic (exact) mass is 305 g/mol. The second kappa shape index (κ2) is 5.63. The molecular weight excluding hydrogens is 290 g/mol. The Morgan fingerprint density at radius 2 is 2.14 bits per heavy atom. The van der Waals surface area contributed by atoms with Crippen LogP contribution < -0.4 is 9.47 Å². The molecule has 8 heteroatoms. The minimum Gasteiger partial charge on any atom is -0.493 e. The first-order chi connectivity index (χ1) is 10.6. The number of ether oxygens (including phenoxy) is 2. The molecule has 2 aromatic rings. The van der Waals surface area contributed by atoms with E-state index in [0.29, 0.717) is 36.1 Å². The lowest BCUT2D eigenvalue weighted by Crippen LogP contribution is -2.03. The molecule has 1 aromatic carbocycles. The quantitative estimate of drug-likeness (QED) is 0.592. The number of nitro groups is 1. The lowest BCUT2D eigenvalue weighted by molar-refractivity contribution is -0.496. The van der Waals surface area contributed by atoms with Crippen molar-refractivity contribution >= 4 is 0 Å². The van der Waals surface area contributed by atoms with E-state index in [1.807, 2.05) is 12.1 Å². The maximum Gasteiger partial charge on any atom is 0.236 e. The predicted octanol–water partition coefficient (Wildman–Crippen LogP) is 1.81. The minimum absolute atomic E-state index is 0.248. The molecular formula is C14H15N3O5. The van der Waals surface area contributed by atoms with Gasteiger partial charge in [0.05, 0.1) is 14.2 Å². The third-order valence-corrected chi connectivity index (χ3v) is 3.64. The van der Waals surface area contributed by atoms with Gasteiger partial charge in [-0.1, -0.05) is 11.2 Å². The van der Waals surface area contributed by atoms with E-state index in [1.165, 1.54) is 0 Å². The molecule has 1 fully saturated rings. The van der Waals surface area contributed by atoms with Gasteiger partial charge in [0.25, 0.3) is 0 Å². The average Bonchev–Trinajstić information content (AvgIpc) is 3.20. The average molecular weight is 305 g/mol. The summed E-state index contributed by atoms with van der Waals surface area (Å²) in [4.78, 5) is 14.6. The fourth-order valence-electron chi connectivity index (χ4n) is 2.34. The topological polar surface area (TPSA) is 101 Å². The van der Waals surface area contributed by atoms with E-state index in [2.05, 4.69) is 10.1 Å². The van der Waals surface area contributed by atoms with Crippen molar-refractivity contribution in [3.8, 4) is 11.5 Å². The highest BCUT2D eigenvalue weighted by atomic mass is 16.6. The smallest absolute Gasteiger partial charge is 0.236 e. The van der Waals surface area contributed by atoms with Crippen LogP contribution in [0.3, 0.4) is 0 Å². The van der Waals surface area contributed by atoms with Crippen LogP contribution >= 0.6 is 0 Å². The van der Waals surface area contributed by atoms with Crippen LogP contribution in [0.5, 0.6) is 11.5 Å². The largest absolute Gasteiger partial charge is 0.493 e. The van der Waals surface area contributed by atoms with Crippen LogP contribution in [-0.2, 0) is 6.42 Å². The number of benzene rings is 1. The highest BCUT2D eigenvalue weighted by Crippen LogP contribution is 2.41. The Bertz CT molecular complexity index is 700. The van der Waals surface area contributed by atoms with Gasteiger partial charge in [0, 0.05) is 17.8 Å². The molecule has 8 nitrogen and oxygen atoms in total. The van der Waals surface area contributed by atoms with Gasteiger partial charge >= 0.3 is 0 Å². The Morgan fingerprint density at radius 3 is 2.77 bits per heavy atom. The summed E-state index contributed by atoms with van der Waals surface area (Å²) >= 11 is 0. The zero-order valence-corrected chi connectivity index (χ0v) is 12.2. The summed E-state index contributed by atoms with van der Waals surface area (Å²) < 4.78 is 15.5. The van der Waals surface area contributed by atoms with Crippen molar-refractivity contribution in [3.05, 3.63) is 45.6 Å². The summed E-state index contributed by atoms with van der Waals surface area (Å²) in [5.41, 5.74) is 0.937. The van der Waals surface area contributed by atoms with Gasteiger partial charge < -0.3 is 14.0 Å². The van der Waals surface area contributed by atoms with Crippen LogP contribution in [0.1, 0.15) is 29.6 Å². The summed E-state index contributed by atoms with van der Waals surface area (Å²) in [7, 11) is 3.14. The molecule has 22 heavy (non-hydrogen) atoms. The molecule has 3 rings (SSSR count). The van der Waals surface area contributed by atoms with Crippen LogP contribution in [0.4, 0.5) is 0 Å². The second-order valence-corrected chi connectivity index (χ2v) is 5.11. The Hall–Kier alpha value is -2.64. The molecule has 0 saturated heterocycles. The van der Waals surface area contributed by atoms with Gasteiger partial charge in [-0.25, -0.2) is 0 Å². The third kappa shape index (κ3) is 2.72.